The van der Waals surface area contributed by atoms with Crippen LogP contribution in [0.4, 0.5) is 0 Å². The second-order valence-corrected chi connectivity index (χ2v) is 5.77. The molecule has 1 N–H and O–H groups in total. The Morgan fingerprint density at radius 2 is 2.12 bits per heavy atom. The van der Waals surface area contributed by atoms with Crippen molar-refractivity contribution in [2.45, 2.75) is 29.7 Å². The van der Waals surface area contributed by atoms with E-state index in [1.165, 1.54) is 0 Å². The average Bonchev–Trinajstić information content (AvgIpc) is 2.64. The zero-order valence-electron chi connectivity index (χ0n) is 9.61. The summed E-state index contributed by atoms with van der Waals surface area (Å²) in [6.07, 6.45) is 1.23. The molecule has 0 bridgehead atoms. The lowest BCUT2D eigenvalue weighted by Crippen LogP contribution is -1.92. The zero-order valence-corrected chi connectivity index (χ0v) is 12.0. The van der Waals surface area contributed by atoms with E-state index in [4.69, 9.17) is 4.42 Å². The Balaban J connectivity index is 2.24. The highest BCUT2D eigenvalue weighted by Crippen LogP contribution is 2.34. The van der Waals surface area contributed by atoms with Gasteiger partial charge in [0.15, 0.2) is 0 Å². The highest BCUT2D eigenvalue weighted by Gasteiger charge is 2.09. The van der Waals surface area contributed by atoms with Crippen LogP contribution in [0.25, 0.3) is 0 Å². The minimum Gasteiger partial charge on any atom is -0.468 e. The normalized spacial score (nSPS) is 12.7. The molecule has 1 aromatic heterocycles. The standard InChI is InChI=1S/C13H13BrO2S/c1-8(15)11-4-3-10(7-12(11)14)17-13-5-6-16-9(13)2/h3-8,15H,1-2H3/t8-/m0/s1. The van der Waals surface area contributed by atoms with Crippen molar-refractivity contribution in [1.82, 2.24) is 0 Å². The van der Waals surface area contributed by atoms with Crippen molar-refractivity contribution in [3.63, 3.8) is 0 Å². The largest absolute Gasteiger partial charge is 0.468 e. The van der Waals surface area contributed by atoms with Crippen molar-refractivity contribution in [3.8, 4) is 0 Å². The lowest BCUT2D eigenvalue weighted by molar-refractivity contribution is 0.198. The second-order valence-electron chi connectivity index (χ2n) is 3.80. The number of hydrogen-bond donors (Lipinski definition) is 1. The van der Waals surface area contributed by atoms with Gasteiger partial charge in [-0.15, -0.1) is 0 Å². The van der Waals surface area contributed by atoms with E-state index in [1.807, 2.05) is 31.2 Å². The van der Waals surface area contributed by atoms with Crippen molar-refractivity contribution >= 4 is 27.7 Å². The number of benzene rings is 1. The fourth-order valence-corrected chi connectivity index (χ4v) is 3.26. The summed E-state index contributed by atoms with van der Waals surface area (Å²) >= 11 is 5.12. The summed E-state index contributed by atoms with van der Waals surface area (Å²) in [7, 11) is 0. The minimum atomic E-state index is -0.459. The van der Waals surface area contributed by atoms with Crippen LogP contribution in [0.3, 0.4) is 0 Å². The van der Waals surface area contributed by atoms with Crippen LogP contribution in [0.1, 0.15) is 24.4 Å². The molecule has 17 heavy (non-hydrogen) atoms. The topological polar surface area (TPSA) is 33.4 Å². The Hall–Kier alpha value is -0.710. The summed E-state index contributed by atoms with van der Waals surface area (Å²) in [5.74, 6) is 0.922. The summed E-state index contributed by atoms with van der Waals surface area (Å²) < 4.78 is 6.19. The van der Waals surface area contributed by atoms with E-state index >= 15 is 0 Å². The number of rotatable bonds is 3. The van der Waals surface area contributed by atoms with Crippen LogP contribution < -0.4 is 0 Å². The quantitative estimate of drug-likeness (QED) is 0.902. The average molecular weight is 313 g/mol. The molecule has 0 fully saturated rings. The molecule has 1 heterocycles. The smallest absolute Gasteiger partial charge is 0.114 e. The monoisotopic (exact) mass is 312 g/mol. The van der Waals surface area contributed by atoms with Gasteiger partial charge in [0.05, 0.1) is 17.3 Å². The molecular formula is C13H13BrO2S. The third-order valence-corrected chi connectivity index (χ3v) is 4.28. The number of aryl methyl sites for hydroxylation is 1. The molecule has 0 saturated heterocycles. The van der Waals surface area contributed by atoms with Crippen LogP contribution in [-0.2, 0) is 0 Å². The minimum absolute atomic E-state index is 0.459. The van der Waals surface area contributed by atoms with Gasteiger partial charge in [-0.25, -0.2) is 0 Å². The van der Waals surface area contributed by atoms with E-state index < -0.39 is 6.10 Å². The van der Waals surface area contributed by atoms with Crippen molar-refractivity contribution in [3.05, 3.63) is 46.3 Å². The third-order valence-electron chi connectivity index (χ3n) is 2.46. The van der Waals surface area contributed by atoms with Crippen LogP contribution in [0.2, 0.25) is 0 Å². The van der Waals surface area contributed by atoms with Gasteiger partial charge >= 0.3 is 0 Å². The maximum Gasteiger partial charge on any atom is 0.114 e. The van der Waals surface area contributed by atoms with Gasteiger partial charge in [0.25, 0.3) is 0 Å². The molecule has 2 nitrogen and oxygen atoms in total. The van der Waals surface area contributed by atoms with E-state index in [-0.39, 0.29) is 0 Å². The van der Waals surface area contributed by atoms with Crippen molar-refractivity contribution < 1.29 is 9.52 Å². The molecule has 0 radical (unpaired) electrons. The SMILES string of the molecule is Cc1occc1Sc1ccc([C@H](C)O)c(Br)c1. The van der Waals surface area contributed by atoms with Crippen LogP contribution >= 0.6 is 27.7 Å². The van der Waals surface area contributed by atoms with E-state index in [0.717, 1.165) is 25.6 Å². The Kier molecular flexibility index (Phi) is 3.97. The summed E-state index contributed by atoms with van der Waals surface area (Å²) in [5.41, 5.74) is 0.901. The molecule has 90 valence electrons. The number of aliphatic hydroxyl groups excluding tert-OH is 1. The molecule has 1 aromatic carbocycles. The number of aliphatic hydroxyl groups is 1. The van der Waals surface area contributed by atoms with Crippen molar-refractivity contribution in [2.24, 2.45) is 0 Å². The van der Waals surface area contributed by atoms with Gasteiger partial charge in [-0.2, -0.15) is 0 Å². The predicted molar refractivity (Wildman–Crippen MR) is 72.3 cm³/mol. The van der Waals surface area contributed by atoms with E-state index in [2.05, 4.69) is 15.9 Å². The first-order valence-electron chi connectivity index (χ1n) is 5.27. The Labute approximate surface area is 113 Å². The summed E-state index contributed by atoms with van der Waals surface area (Å²) in [4.78, 5) is 2.23. The summed E-state index contributed by atoms with van der Waals surface area (Å²) in [5, 5.41) is 9.54. The summed E-state index contributed by atoms with van der Waals surface area (Å²) in [6.45, 7) is 3.70. The molecule has 0 aliphatic carbocycles. The molecule has 0 amide bonds. The van der Waals surface area contributed by atoms with Gasteiger partial charge < -0.3 is 9.52 Å². The van der Waals surface area contributed by atoms with Crippen molar-refractivity contribution in [1.29, 1.82) is 0 Å². The highest BCUT2D eigenvalue weighted by atomic mass is 79.9. The van der Waals surface area contributed by atoms with Gasteiger partial charge in [0.1, 0.15) is 5.76 Å². The number of hydrogen-bond acceptors (Lipinski definition) is 3. The van der Waals surface area contributed by atoms with E-state index in [9.17, 15) is 5.11 Å². The molecule has 0 unspecified atom stereocenters. The van der Waals surface area contributed by atoms with Crippen LogP contribution in [0.15, 0.2) is 49.2 Å². The highest BCUT2D eigenvalue weighted by molar-refractivity contribution is 9.10. The van der Waals surface area contributed by atoms with E-state index in [0.29, 0.717) is 0 Å². The van der Waals surface area contributed by atoms with Gasteiger partial charge in [-0.05, 0) is 37.6 Å². The van der Waals surface area contributed by atoms with E-state index in [1.54, 1.807) is 24.9 Å². The first-order chi connectivity index (χ1) is 8.08. The van der Waals surface area contributed by atoms with Crippen LogP contribution in [-0.4, -0.2) is 5.11 Å². The maximum absolute atomic E-state index is 9.54. The number of furan rings is 1. The van der Waals surface area contributed by atoms with Crippen LogP contribution in [0.5, 0.6) is 0 Å². The fraction of sp³-hybridized carbons (Fsp3) is 0.231. The van der Waals surface area contributed by atoms with Crippen molar-refractivity contribution in [2.75, 3.05) is 0 Å². The molecule has 1 atom stereocenters. The Morgan fingerprint density at radius 3 is 2.65 bits per heavy atom. The molecule has 2 aromatic rings. The molecule has 2 rings (SSSR count). The summed E-state index contributed by atoms with van der Waals surface area (Å²) in [6, 6.07) is 7.91. The van der Waals surface area contributed by atoms with Gasteiger partial charge in [0, 0.05) is 9.37 Å². The molecule has 0 aliphatic heterocycles. The molecule has 0 aliphatic rings. The van der Waals surface area contributed by atoms with Gasteiger partial charge in [0.2, 0.25) is 0 Å². The van der Waals surface area contributed by atoms with Gasteiger partial charge in [-0.3, -0.25) is 0 Å². The Morgan fingerprint density at radius 1 is 1.35 bits per heavy atom. The molecular weight excluding hydrogens is 300 g/mol. The fourth-order valence-electron chi connectivity index (χ4n) is 1.52. The molecule has 0 saturated carbocycles. The first kappa shape index (κ1) is 12.7. The van der Waals surface area contributed by atoms with Gasteiger partial charge in [-0.1, -0.05) is 33.8 Å². The zero-order chi connectivity index (χ0) is 12.4. The lowest BCUT2D eigenvalue weighted by Gasteiger charge is -2.09. The predicted octanol–water partition coefficient (Wildman–Crippen LogP) is 4.56. The number of halogens is 1. The third kappa shape index (κ3) is 2.94. The van der Waals surface area contributed by atoms with Crippen LogP contribution in [0, 0.1) is 6.92 Å². The molecule has 4 heteroatoms. The first-order valence-corrected chi connectivity index (χ1v) is 6.88. The Bertz CT molecular complexity index is 520. The second kappa shape index (κ2) is 5.29. The lowest BCUT2D eigenvalue weighted by atomic mass is 10.1. The molecule has 0 spiro atoms. The maximum atomic E-state index is 9.54.